The number of rotatable bonds is 0. The molecule has 0 amide bonds. The minimum absolute atomic E-state index is 0. The van der Waals surface area contributed by atoms with Crippen LogP contribution in [0.3, 0.4) is 0 Å². The maximum atomic E-state index is 9.87. The van der Waals surface area contributed by atoms with Crippen LogP contribution in [0.2, 0.25) is 0 Å². The third kappa shape index (κ3) is 579. The Bertz CT molecular complexity index is 166. The summed E-state index contributed by atoms with van der Waals surface area (Å²) in [5.41, 5.74) is 0. The Balaban J connectivity index is -0.0000000800. The quantitative estimate of drug-likeness (QED) is 0.343. The Hall–Kier alpha value is 2.66. The van der Waals surface area contributed by atoms with Gasteiger partial charge in [-0.2, -0.15) is 0 Å². The van der Waals surface area contributed by atoms with Crippen LogP contribution in [0.25, 0.3) is 0 Å². The second-order valence-electron chi connectivity index (χ2n) is 1.92. The smallest absolute Gasteiger partial charge is 1.00 e. The second kappa shape index (κ2) is 4.59. The van der Waals surface area contributed by atoms with Crippen LogP contribution in [0.1, 0.15) is 0 Å². The van der Waals surface area contributed by atoms with Gasteiger partial charge in [-0.05, 0) is 0 Å². The van der Waals surface area contributed by atoms with Gasteiger partial charge in [-0.3, -0.25) is 0 Å². The van der Waals surface area contributed by atoms with Crippen LogP contribution < -0.4 is 80.9 Å². The van der Waals surface area contributed by atoms with Crippen LogP contribution >= 0.6 is 15.6 Å². The summed E-state index contributed by atoms with van der Waals surface area (Å²) in [6, 6.07) is 0. The van der Waals surface area contributed by atoms with Gasteiger partial charge < -0.3 is 0 Å². The van der Waals surface area contributed by atoms with Crippen molar-refractivity contribution in [2.24, 2.45) is 0 Å². The first-order chi connectivity index (χ1) is 4.90. The largest absolute Gasteiger partial charge is 1.00 e. The standard InChI is InChI=1S/2F6P.K.Na/c2*1-7(2,3,4,5)6;;/q2*-1;2*+1. The Morgan fingerprint density at radius 2 is 0.375 bits per heavy atom. The second-order valence-corrected chi connectivity index (χ2v) is 5.75. The van der Waals surface area contributed by atoms with E-state index in [0.29, 0.717) is 0 Å². The van der Waals surface area contributed by atoms with Crippen LogP contribution in [-0.2, 0) is 0 Å². The summed E-state index contributed by atoms with van der Waals surface area (Å²) in [7, 11) is -21.3. The number of halogens is 12. The van der Waals surface area contributed by atoms with Gasteiger partial charge in [0.2, 0.25) is 0 Å². The molecule has 0 bridgehead atoms. The zero-order valence-electron chi connectivity index (χ0n) is 7.43. The van der Waals surface area contributed by atoms with Crippen LogP contribution in [-0.4, -0.2) is 0 Å². The van der Waals surface area contributed by atoms with Crippen molar-refractivity contribution in [1.82, 2.24) is 0 Å². The van der Waals surface area contributed by atoms with Gasteiger partial charge in [0, 0.05) is 0 Å². The fraction of sp³-hybridized carbons (Fsp3) is 0. The van der Waals surface area contributed by atoms with Crippen molar-refractivity contribution >= 4 is 15.6 Å². The fourth-order valence-corrected chi connectivity index (χ4v) is 0. The molecule has 16 heteroatoms. The molecule has 0 aromatic heterocycles. The predicted octanol–water partition coefficient (Wildman–Crippen LogP) is 0.773. The molecule has 0 aliphatic heterocycles. The van der Waals surface area contributed by atoms with Crippen molar-refractivity contribution in [3.05, 3.63) is 0 Å². The van der Waals surface area contributed by atoms with Crippen molar-refractivity contribution in [1.29, 1.82) is 0 Å². The summed E-state index contributed by atoms with van der Waals surface area (Å²) >= 11 is 0. The van der Waals surface area contributed by atoms with E-state index in [1.54, 1.807) is 0 Å². The molecule has 0 heterocycles. The molecule has 0 spiro atoms. The first-order valence-corrected chi connectivity index (χ1v) is 6.09. The summed E-state index contributed by atoms with van der Waals surface area (Å²) in [6.45, 7) is 0. The van der Waals surface area contributed by atoms with Crippen LogP contribution in [0.4, 0.5) is 50.4 Å². The maximum Gasteiger partial charge on any atom is 1.00 e. The molecule has 0 fully saturated rings. The molecule has 16 heavy (non-hydrogen) atoms. The molecule has 0 nitrogen and oxygen atoms in total. The van der Waals surface area contributed by atoms with Gasteiger partial charge in [0.1, 0.15) is 0 Å². The zero-order chi connectivity index (χ0) is 12.8. The van der Waals surface area contributed by atoms with E-state index in [1.165, 1.54) is 0 Å². The maximum absolute atomic E-state index is 10.7. The van der Waals surface area contributed by atoms with Gasteiger partial charge in [0.15, 0.2) is 0 Å². The average molecular weight is 352 g/mol. The third-order valence-electron chi connectivity index (χ3n) is 0. The first kappa shape index (κ1) is 27.1. The Morgan fingerprint density at radius 3 is 0.375 bits per heavy atom. The molecule has 0 aromatic carbocycles. The molecule has 0 radical (unpaired) electrons. The van der Waals surface area contributed by atoms with Crippen molar-refractivity contribution in [3.63, 3.8) is 0 Å². The van der Waals surface area contributed by atoms with Gasteiger partial charge >= 0.3 is 147 Å². The van der Waals surface area contributed by atoms with Gasteiger partial charge in [-0.25, -0.2) is 0 Å². The summed E-state index contributed by atoms with van der Waals surface area (Å²) in [5.74, 6) is 0. The van der Waals surface area contributed by atoms with E-state index in [1.807, 2.05) is 0 Å². The van der Waals surface area contributed by atoms with E-state index < -0.39 is 15.6 Å². The summed E-state index contributed by atoms with van der Waals surface area (Å²) in [5, 5.41) is 0. The SMILES string of the molecule is F[P-](F)(F)(F)(F)F.F[P-](F)(F)(F)(F)F.[K+].[Na+]. The van der Waals surface area contributed by atoms with E-state index in [4.69, 9.17) is 0 Å². The summed E-state index contributed by atoms with van der Waals surface area (Å²) in [4.78, 5) is 0. The normalized spacial score (nSPS) is 20.2. The molecular formula is F12KNaP2. The van der Waals surface area contributed by atoms with Crippen LogP contribution in [0.5, 0.6) is 0 Å². The molecule has 0 unspecified atom stereocenters. The Morgan fingerprint density at radius 1 is 0.375 bits per heavy atom. The van der Waals surface area contributed by atoms with E-state index >= 15 is 0 Å². The topological polar surface area (TPSA) is 0 Å². The van der Waals surface area contributed by atoms with Crippen molar-refractivity contribution in [2.45, 2.75) is 0 Å². The minimum atomic E-state index is -10.7. The van der Waals surface area contributed by atoms with Crippen LogP contribution in [0.15, 0.2) is 0 Å². The van der Waals surface area contributed by atoms with E-state index in [9.17, 15) is 50.4 Å². The van der Waals surface area contributed by atoms with E-state index in [2.05, 4.69) is 0 Å². The van der Waals surface area contributed by atoms with Crippen LogP contribution in [0, 0.1) is 0 Å². The van der Waals surface area contributed by atoms with Crippen molar-refractivity contribution in [2.75, 3.05) is 0 Å². The Kier molecular flexibility index (Phi) is 7.77. The molecule has 0 aromatic rings. The molecule has 96 valence electrons. The molecule has 0 N–H and O–H groups in total. The van der Waals surface area contributed by atoms with Gasteiger partial charge in [-0.15, -0.1) is 0 Å². The van der Waals surface area contributed by atoms with Gasteiger partial charge in [0.25, 0.3) is 0 Å². The monoisotopic (exact) mass is 352 g/mol. The van der Waals surface area contributed by atoms with Gasteiger partial charge in [0.05, 0.1) is 0 Å². The van der Waals surface area contributed by atoms with E-state index in [-0.39, 0.29) is 80.9 Å². The number of hydrogen-bond acceptors (Lipinski definition) is 0. The molecule has 0 saturated heterocycles. The van der Waals surface area contributed by atoms with Gasteiger partial charge in [-0.1, -0.05) is 0 Å². The summed E-state index contributed by atoms with van der Waals surface area (Å²) in [6.07, 6.45) is 0. The first-order valence-electron chi connectivity index (χ1n) is 2.03. The predicted molar refractivity (Wildman–Crippen MR) is 27.1 cm³/mol. The molecule has 0 rings (SSSR count). The average Bonchev–Trinajstić information content (AvgIpc) is 0.938. The molecule has 0 aliphatic carbocycles. The zero-order valence-corrected chi connectivity index (χ0v) is 14.3. The molecular weight excluding hydrogens is 352 g/mol. The fourth-order valence-electron chi connectivity index (χ4n) is 0. The molecule has 0 atom stereocenters. The molecule has 0 saturated carbocycles. The molecule has 0 aliphatic rings. The minimum Gasteiger partial charge on any atom is 1.00 e. The number of hydrogen-bond donors (Lipinski definition) is 0. The van der Waals surface area contributed by atoms with Crippen molar-refractivity contribution < 1.29 is 131 Å². The summed E-state index contributed by atoms with van der Waals surface area (Å²) < 4.78 is 118. The van der Waals surface area contributed by atoms with Crippen molar-refractivity contribution in [3.8, 4) is 0 Å². The Labute approximate surface area is 145 Å². The van der Waals surface area contributed by atoms with E-state index in [0.717, 1.165) is 0 Å². The third-order valence-corrected chi connectivity index (χ3v) is 0.